The second-order valence-electron chi connectivity index (χ2n) is 6.39. The molecule has 24 heavy (non-hydrogen) atoms. The number of amides is 2. The van der Waals surface area contributed by atoms with E-state index in [0.717, 1.165) is 24.8 Å². The average molecular weight is 352 g/mol. The molecule has 2 N–H and O–H groups in total. The van der Waals surface area contributed by atoms with E-state index < -0.39 is 12.0 Å². The summed E-state index contributed by atoms with van der Waals surface area (Å²) in [6.07, 6.45) is 2.89. The molecular weight excluding hydrogens is 328 g/mol. The molecule has 6 nitrogen and oxygen atoms in total. The molecule has 1 aromatic rings. The van der Waals surface area contributed by atoms with Crippen LogP contribution in [0.4, 0.5) is 0 Å². The van der Waals surface area contributed by atoms with Crippen LogP contribution in [-0.2, 0) is 22.4 Å². The number of thiophene rings is 1. The molecule has 2 unspecified atom stereocenters. The van der Waals surface area contributed by atoms with Crippen LogP contribution in [0.5, 0.6) is 0 Å². The van der Waals surface area contributed by atoms with E-state index in [-0.39, 0.29) is 24.9 Å². The van der Waals surface area contributed by atoms with Gasteiger partial charge in [-0.1, -0.05) is 6.92 Å². The number of rotatable bonds is 6. The smallest absolute Gasteiger partial charge is 0.326 e. The highest BCUT2D eigenvalue weighted by Crippen LogP contribution is 2.33. The first kappa shape index (κ1) is 18.4. The molecule has 0 radical (unpaired) electrons. The molecule has 0 spiro atoms. The summed E-state index contributed by atoms with van der Waals surface area (Å²) in [5, 5.41) is 13.8. The van der Waals surface area contributed by atoms with Crippen molar-refractivity contribution in [1.82, 2.24) is 10.2 Å². The number of aliphatic carboxylic acids is 1. The van der Waals surface area contributed by atoms with Crippen LogP contribution in [0.2, 0.25) is 0 Å². The number of hydrogen-bond acceptors (Lipinski definition) is 4. The summed E-state index contributed by atoms with van der Waals surface area (Å²) in [6.45, 7) is 5.50. The van der Waals surface area contributed by atoms with E-state index in [0.29, 0.717) is 11.5 Å². The van der Waals surface area contributed by atoms with Gasteiger partial charge in [-0.25, -0.2) is 4.79 Å². The first-order valence-electron chi connectivity index (χ1n) is 8.18. The number of carboxylic acids is 1. The summed E-state index contributed by atoms with van der Waals surface area (Å²) < 4.78 is 0. The van der Waals surface area contributed by atoms with Crippen molar-refractivity contribution in [1.29, 1.82) is 0 Å². The predicted molar refractivity (Wildman–Crippen MR) is 92.3 cm³/mol. The van der Waals surface area contributed by atoms with E-state index in [1.54, 1.807) is 11.3 Å². The maximum atomic E-state index is 12.9. The van der Waals surface area contributed by atoms with Gasteiger partial charge in [0.05, 0.1) is 5.56 Å². The van der Waals surface area contributed by atoms with Crippen molar-refractivity contribution in [3.05, 3.63) is 21.4 Å². The second kappa shape index (κ2) is 7.79. The Morgan fingerprint density at radius 2 is 2.17 bits per heavy atom. The first-order chi connectivity index (χ1) is 11.3. The Balaban J connectivity index is 2.21. The lowest BCUT2D eigenvalue weighted by Gasteiger charge is -2.27. The van der Waals surface area contributed by atoms with Crippen molar-refractivity contribution in [2.24, 2.45) is 5.92 Å². The number of hydrogen-bond donors (Lipinski definition) is 2. The number of carboxylic acid groups (broad SMARTS) is 1. The van der Waals surface area contributed by atoms with Gasteiger partial charge < -0.3 is 15.3 Å². The molecule has 2 amide bonds. The Kier molecular flexibility index (Phi) is 5.99. The summed E-state index contributed by atoms with van der Waals surface area (Å²) >= 11 is 1.59. The Morgan fingerprint density at radius 3 is 2.79 bits per heavy atom. The number of fused-ring (bicyclic) bond motifs is 1. The highest BCUT2D eigenvalue weighted by atomic mass is 32.1. The maximum Gasteiger partial charge on any atom is 0.326 e. The molecule has 1 aliphatic rings. The average Bonchev–Trinajstić information content (AvgIpc) is 2.92. The second-order valence-corrected chi connectivity index (χ2v) is 7.36. The van der Waals surface area contributed by atoms with Gasteiger partial charge in [0, 0.05) is 30.3 Å². The minimum absolute atomic E-state index is 0.174. The van der Waals surface area contributed by atoms with Crippen molar-refractivity contribution < 1.29 is 19.5 Å². The fraction of sp³-hybridized carbons (Fsp3) is 0.588. The van der Waals surface area contributed by atoms with Crippen molar-refractivity contribution in [3.8, 4) is 0 Å². The molecule has 0 saturated carbocycles. The van der Waals surface area contributed by atoms with E-state index in [1.807, 2.05) is 5.38 Å². The van der Waals surface area contributed by atoms with Crippen LogP contribution in [0.25, 0.3) is 0 Å². The lowest BCUT2D eigenvalue weighted by molar-refractivity contribution is -0.141. The van der Waals surface area contributed by atoms with Gasteiger partial charge in [0.15, 0.2) is 0 Å². The molecule has 2 atom stereocenters. The SMILES string of the molecule is CC(=O)NCCN(C(=O)c1csc2c1CCC(C)C2)C(C)C(=O)O. The third-order valence-electron chi connectivity index (χ3n) is 4.44. The fourth-order valence-electron chi connectivity index (χ4n) is 2.97. The third kappa shape index (κ3) is 4.14. The molecule has 7 heteroatoms. The number of nitrogens with zero attached hydrogens (tertiary/aromatic N) is 1. The van der Waals surface area contributed by atoms with E-state index in [9.17, 15) is 19.5 Å². The molecule has 0 fully saturated rings. The lowest BCUT2D eigenvalue weighted by Crippen LogP contribution is -2.46. The van der Waals surface area contributed by atoms with E-state index in [2.05, 4.69) is 12.2 Å². The number of carbonyl (C=O) groups excluding carboxylic acids is 2. The Morgan fingerprint density at radius 1 is 1.46 bits per heavy atom. The van der Waals surface area contributed by atoms with E-state index >= 15 is 0 Å². The molecular formula is C17H24N2O4S. The summed E-state index contributed by atoms with van der Waals surface area (Å²) in [4.78, 5) is 37.9. The van der Waals surface area contributed by atoms with Crippen LogP contribution in [-0.4, -0.2) is 46.9 Å². The monoisotopic (exact) mass is 352 g/mol. The molecule has 1 aromatic heterocycles. The van der Waals surface area contributed by atoms with Gasteiger partial charge in [-0.3, -0.25) is 9.59 Å². The summed E-state index contributed by atoms with van der Waals surface area (Å²) in [6, 6.07) is -0.940. The van der Waals surface area contributed by atoms with Gasteiger partial charge in [0.1, 0.15) is 6.04 Å². The predicted octanol–water partition coefficient (Wildman–Crippen LogP) is 1.92. The van der Waals surface area contributed by atoms with Gasteiger partial charge in [-0.2, -0.15) is 0 Å². The zero-order valence-electron chi connectivity index (χ0n) is 14.3. The van der Waals surface area contributed by atoms with Crippen molar-refractivity contribution in [2.45, 2.75) is 46.1 Å². The van der Waals surface area contributed by atoms with Crippen molar-refractivity contribution >= 4 is 29.1 Å². The van der Waals surface area contributed by atoms with Gasteiger partial charge in [0.2, 0.25) is 5.91 Å². The maximum absolute atomic E-state index is 12.9. The fourth-order valence-corrected chi connectivity index (χ4v) is 4.21. The number of nitrogens with one attached hydrogen (secondary N) is 1. The van der Waals surface area contributed by atoms with Crippen molar-refractivity contribution in [2.75, 3.05) is 13.1 Å². The lowest BCUT2D eigenvalue weighted by atomic mass is 9.88. The highest BCUT2D eigenvalue weighted by Gasteiger charge is 2.30. The molecule has 1 heterocycles. The topological polar surface area (TPSA) is 86.7 Å². The molecule has 0 aromatic carbocycles. The van der Waals surface area contributed by atoms with Gasteiger partial charge in [-0.05, 0) is 37.7 Å². The standard InChI is InChI=1S/C17H24N2O4S/c1-10-4-5-13-14(9-24-15(13)8-10)16(21)19(11(2)17(22)23)7-6-18-12(3)20/h9-11H,4-8H2,1-3H3,(H,18,20)(H,22,23). The third-order valence-corrected chi connectivity index (χ3v) is 5.50. The van der Waals surface area contributed by atoms with Crippen molar-refractivity contribution in [3.63, 3.8) is 0 Å². The molecule has 132 valence electrons. The highest BCUT2D eigenvalue weighted by molar-refractivity contribution is 7.10. The van der Waals surface area contributed by atoms with Crippen LogP contribution in [0.1, 0.15) is 48.0 Å². The largest absolute Gasteiger partial charge is 0.480 e. The Labute approximate surface area is 145 Å². The molecule has 0 aliphatic heterocycles. The van der Waals surface area contributed by atoms with Crippen LogP contribution >= 0.6 is 11.3 Å². The Bertz CT molecular complexity index is 641. The molecule has 2 rings (SSSR count). The minimum atomic E-state index is -1.05. The first-order valence-corrected chi connectivity index (χ1v) is 9.06. The Hall–Kier alpha value is -1.89. The number of carbonyl (C=O) groups is 3. The molecule has 1 aliphatic carbocycles. The zero-order chi connectivity index (χ0) is 17.9. The van der Waals surface area contributed by atoms with Crippen LogP contribution in [0.3, 0.4) is 0 Å². The summed E-state index contributed by atoms with van der Waals surface area (Å²) in [5.41, 5.74) is 1.70. The van der Waals surface area contributed by atoms with Crippen LogP contribution in [0, 0.1) is 5.92 Å². The summed E-state index contributed by atoms with van der Waals surface area (Å²) in [7, 11) is 0. The minimum Gasteiger partial charge on any atom is -0.480 e. The van der Waals surface area contributed by atoms with Crippen LogP contribution in [0.15, 0.2) is 5.38 Å². The van der Waals surface area contributed by atoms with Gasteiger partial charge in [-0.15, -0.1) is 11.3 Å². The van der Waals surface area contributed by atoms with E-state index in [1.165, 1.54) is 23.6 Å². The van der Waals surface area contributed by atoms with E-state index in [4.69, 9.17) is 0 Å². The van der Waals surface area contributed by atoms with Gasteiger partial charge >= 0.3 is 5.97 Å². The summed E-state index contributed by atoms with van der Waals surface area (Å²) in [5.74, 6) is -0.897. The van der Waals surface area contributed by atoms with Gasteiger partial charge in [0.25, 0.3) is 5.91 Å². The zero-order valence-corrected chi connectivity index (χ0v) is 15.1. The normalized spacial score (nSPS) is 17.7. The molecule has 0 saturated heterocycles. The van der Waals surface area contributed by atoms with Crippen LogP contribution < -0.4 is 5.32 Å². The quantitative estimate of drug-likeness (QED) is 0.819. The molecule has 0 bridgehead atoms.